The highest BCUT2D eigenvalue weighted by Gasteiger charge is 2.33. The second-order valence-electron chi connectivity index (χ2n) is 6.73. The molecule has 0 bridgehead atoms. The van der Waals surface area contributed by atoms with Gasteiger partial charge in [-0.15, -0.1) is 0 Å². The van der Waals surface area contributed by atoms with Gasteiger partial charge in [0.15, 0.2) is 9.84 Å². The quantitative estimate of drug-likeness (QED) is 0.873. The van der Waals surface area contributed by atoms with Crippen molar-refractivity contribution >= 4 is 26.8 Å². The fourth-order valence-electron chi connectivity index (χ4n) is 3.55. The van der Waals surface area contributed by atoms with Crippen LogP contribution in [0.3, 0.4) is 0 Å². The number of rotatable bonds is 4. The van der Waals surface area contributed by atoms with Gasteiger partial charge in [0.2, 0.25) is 0 Å². The lowest BCUT2D eigenvalue weighted by atomic mass is 9.95. The van der Waals surface area contributed by atoms with Crippen molar-refractivity contribution in [3.05, 3.63) is 35.6 Å². The first-order valence-corrected chi connectivity index (χ1v) is 10.5. The van der Waals surface area contributed by atoms with Gasteiger partial charge in [0.1, 0.15) is 11.3 Å². The summed E-state index contributed by atoms with van der Waals surface area (Å²) in [6.45, 7) is 2.23. The number of para-hydroxylation sites is 1. The Bertz CT molecular complexity index is 872. The largest absolute Gasteiger partial charge is 0.459 e. The first-order chi connectivity index (χ1) is 11.9. The van der Waals surface area contributed by atoms with E-state index in [1.54, 1.807) is 0 Å². The van der Waals surface area contributed by atoms with E-state index in [1.165, 1.54) is 6.26 Å². The fourth-order valence-corrected chi connectivity index (χ4v) is 4.94. The highest BCUT2D eigenvalue weighted by Crippen LogP contribution is 2.25. The van der Waals surface area contributed by atoms with Crippen LogP contribution >= 0.6 is 0 Å². The number of hydrogen-bond donors (Lipinski definition) is 2. The van der Waals surface area contributed by atoms with E-state index in [0.29, 0.717) is 18.6 Å². The SMILES string of the molecule is Cc1c(CNC(=O)N[C@@H]2CCCC[C@H]2S(C)(=O)=O)oc2ccccc12. The van der Waals surface area contributed by atoms with Gasteiger partial charge in [0.05, 0.1) is 11.8 Å². The van der Waals surface area contributed by atoms with E-state index in [1.807, 2.05) is 31.2 Å². The van der Waals surface area contributed by atoms with Crippen LogP contribution in [0.1, 0.15) is 37.0 Å². The molecule has 1 aromatic heterocycles. The topological polar surface area (TPSA) is 88.4 Å². The van der Waals surface area contributed by atoms with Crippen LogP contribution < -0.4 is 10.6 Å². The molecule has 1 saturated carbocycles. The predicted octanol–water partition coefficient (Wildman–Crippen LogP) is 2.90. The molecule has 0 saturated heterocycles. The van der Waals surface area contributed by atoms with Crippen molar-refractivity contribution in [3.63, 3.8) is 0 Å². The zero-order valence-corrected chi connectivity index (χ0v) is 15.4. The summed E-state index contributed by atoms with van der Waals surface area (Å²) in [7, 11) is -3.17. The lowest BCUT2D eigenvalue weighted by molar-refractivity contribution is 0.231. The van der Waals surface area contributed by atoms with Crippen molar-refractivity contribution in [3.8, 4) is 0 Å². The van der Waals surface area contributed by atoms with Crippen LogP contribution in [0.15, 0.2) is 28.7 Å². The zero-order valence-electron chi connectivity index (χ0n) is 14.5. The van der Waals surface area contributed by atoms with Gasteiger partial charge in [0, 0.05) is 23.2 Å². The number of urea groups is 1. The van der Waals surface area contributed by atoms with Crippen LogP contribution in [0.4, 0.5) is 4.79 Å². The number of fused-ring (bicyclic) bond motifs is 1. The molecule has 3 rings (SSSR count). The Balaban J connectivity index is 1.63. The molecule has 6 nitrogen and oxygen atoms in total. The Kier molecular flexibility index (Phi) is 5.03. The minimum atomic E-state index is -3.17. The third-order valence-electron chi connectivity index (χ3n) is 4.92. The summed E-state index contributed by atoms with van der Waals surface area (Å²) in [5.74, 6) is 0.708. The normalized spacial score (nSPS) is 21.2. The van der Waals surface area contributed by atoms with Gasteiger partial charge in [-0.3, -0.25) is 0 Å². The molecule has 2 atom stereocenters. The summed E-state index contributed by atoms with van der Waals surface area (Å²) in [5, 5.41) is 6.14. The summed E-state index contributed by atoms with van der Waals surface area (Å²) in [5.41, 5.74) is 1.80. The zero-order chi connectivity index (χ0) is 18.0. The molecule has 25 heavy (non-hydrogen) atoms. The minimum absolute atomic E-state index is 0.266. The number of amides is 2. The van der Waals surface area contributed by atoms with Gasteiger partial charge in [-0.2, -0.15) is 0 Å². The van der Waals surface area contributed by atoms with E-state index in [-0.39, 0.29) is 18.6 Å². The molecule has 0 unspecified atom stereocenters. The summed E-state index contributed by atoms with van der Waals surface area (Å²) >= 11 is 0. The van der Waals surface area contributed by atoms with Crippen molar-refractivity contribution in [2.75, 3.05) is 6.26 Å². The average Bonchev–Trinajstić information content (AvgIpc) is 2.89. The third-order valence-corrected chi connectivity index (χ3v) is 6.59. The van der Waals surface area contributed by atoms with E-state index in [4.69, 9.17) is 4.42 Å². The van der Waals surface area contributed by atoms with Crippen LogP contribution in [0.2, 0.25) is 0 Å². The van der Waals surface area contributed by atoms with Crippen molar-refractivity contribution in [1.82, 2.24) is 10.6 Å². The first kappa shape index (κ1) is 17.8. The van der Waals surface area contributed by atoms with Crippen molar-refractivity contribution in [2.24, 2.45) is 0 Å². The minimum Gasteiger partial charge on any atom is -0.459 e. The molecule has 7 heteroatoms. The molecule has 136 valence electrons. The second-order valence-corrected chi connectivity index (χ2v) is 9.00. The Morgan fingerprint density at radius 3 is 2.68 bits per heavy atom. The van der Waals surface area contributed by atoms with Crippen molar-refractivity contribution in [2.45, 2.75) is 50.4 Å². The van der Waals surface area contributed by atoms with E-state index < -0.39 is 15.1 Å². The lowest BCUT2D eigenvalue weighted by Gasteiger charge is -2.30. The summed E-state index contributed by atoms with van der Waals surface area (Å²) in [4.78, 5) is 12.2. The molecular formula is C18H24N2O4S. The molecule has 2 amide bonds. The molecule has 1 fully saturated rings. The molecule has 2 aromatic rings. The van der Waals surface area contributed by atoms with E-state index in [9.17, 15) is 13.2 Å². The predicted molar refractivity (Wildman–Crippen MR) is 97.2 cm³/mol. The molecule has 1 heterocycles. The number of carbonyl (C=O) groups is 1. The number of nitrogens with one attached hydrogen (secondary N) is 2. The van der Waals surface area contributed by atoms with Crippen LogP contribution in [0, 0.1) is 6.92 Å². The van der Waals surface area contributed by atoms with Crippen LogP contribution in [0.25, 0.3) is 11.0 Å². The molecule has 2 N–H and O–H groups in total. The molecule has 1 aromatic carbocycles. The van der Waals surface area contributed by atoms with Crippen LogP contribution in [0.5, 0.6) is 0 Å². The van der Waals surface area contributed by atoms with Crippen LogP contribution in [-0.2, 0) is 16.4 Å². The van der Waals surface area contributed by atoms with Gasteiger partial charge in [-0.25, -0.2) is 13.2 Å². The summed E-state index contributed by atoms with van der Waals surface area (Å²) < 4.78 is 29.6. The Morgan fingerprint density at radius 2 is 1.96 bits per heavy atom. The molecule has 1 aliphatic carbocycles. The number of hydrogen-bond acceptors (Lipinski definition) is 4. The maximum Gasteiger partial charge on any atom is 0.315 e. The number of aryl methyl sites for hydroxylation is 1. The highest BCUT2D eigenvalue weighted by molar-refractivity contribution is 7.91. The third kappa shape index (κ3) is 3.98. The van der Waals surface area contributed by atoms with Crippen molar-refractivity contribution in [1.29, 1.82) is 0 Å². The Labute approximate surface area is 147 Å². The average molecular weight is 364 g/mol. The number of furan rings is 1. The monoisotopic (exact) mass is 364 g/mol. The standard InChI is InChI=1S/C18H24N2O4S/c1-12-13-7-3-5-9-15(13)24-16(12)11-19-18(21)20-14-8-4-6-10-17(14)25(2,22)23/h3,5,7,9,14,17H,4,6,8,10-11H2,1-2H3,(H2,19,20,21)/t14-,17-/m1/s1. The maximum atomic E-state index is 12.2. The van der Waals surface area contributed by atoms with Gasteiger partial charge >= 0.3 is 6.03 Å². The molecule has 0 spiro atoms. The molecule has 0 aliphatic heterocycles. The molecular weight excluding hydrogens is 340 g/mol. The van der Waals surface area contributed by atoms with Gasteiger partial charge in [0.25, 0.3) is 0 Å². The first-order valence-electron chi connectivity index (χ1n) is 8.56. The smallest absolute Gasteiger partial charge is 0.315 e. The fraction of sp³-hybridized carbons (Fsp3) is 0.500. The van der Waals surface area contributed by atoms with Gasteiger partial charge < -0.3 is 15.1 Å². The number of benzene rings is 1. The van der Waals surface area contributed by atoms with Crippen molar-refractivity contribution < 1.29 is 17.6 Å². The van der Waals surface area contributed by atoms with E-state index in [0.717, 1.165) is 29.4 Å². The van der Waals surface area contributed by atoms with E-state index in [2.05, 4.69) is 10.6 Å². The lowest BCUT2D eigenvalue weighted by Crippen LogP contribution is -2.51. The number of sulfone groups is 1. The summed E-state index contributed by atoms with van der Waals surface area (Å²) in [6, 6.07) is 7.04. The van der Waals surface area contributed by atoms with Gasteiger partial charge in [-0.1, -0.05) is 31.0 Å². The highest BCUT2D eigenvalue weighted by atomic mass is 32.2. The Morgan fingerprint density at radius 1 is 1.24 bits per heavy atom. The summed E-state index contributed by atoms with van der Waals surface area (Å²) in [6.07, 6.45) is 4.35. The molecule has 1 aliphatic rings. The van der Waals surface area contributed by atoms with E-state index >= 15 is 0 Å². The molecule has 0 radical (unpaired) electrons. The van der Waals surface area contributed by atoms with Gasteiger partial charge in [-0.05, 0) is 25.8 Å². The van der Waals surface area contributed by atoms with Crippen LogP contribution in [-0.4, -0.2) is 32.0 Å². The second kappa shape index (κ2) is 7.07. The number of carbonyl (C=O) groups excluding carboxylic acids is 1. The maximum absolute atomic E-state index is 12.2. The Hall–Kier alpha value is -2.02.